The zero-order valence-electron chi connectivity index (χ0n) is 13.9. The number of hydrogen-bond acceptors (Lipinski definition) is 5. The molecular weight excluding hydrogens is 336 g/mol. The molecule has 1 amide bonds. The summed E-state index contributed by atoms with van der Waals surface area (Å²) in [6.07, 6.45) is 3.77. The Bertz CT molecular complexity index is 855. The Labute approximate surface area is 139 Å². The number of aromatic nitrogens is 2. The third kappa shape index (κ3) is 4.32. The Hall–Kier alpha value is -1.94. The lowest BCUT2D eigenvalue weighted by Gasteiger charge is -2.29. The maximum atomic E-state index is 12.4. The van der Waals surface area contributed by atoms with Crippen LogP contribution in [0.5, 0.6) is 0 Å². The first-order valence-electron chi connectivity index (χ1n) is 7.63. The summed E-state index contributed by atoms with van der Waals surface area (Å²) in [5.74, 6) is -0.516. The molecule has 1 aromatic rings. The van der Waals surface area contributed by atoms with Crippen LogP contribution in [0, 0.1) is 0 Å². The fourth-order valence-electron chi connectivity index (χ4n) is 2.94. The van der Waals surface area contributed by atoms with Gasteiger partial charge >= 0.3 is 5.69 Å². The van der Waals surface area contributed by atoms with Crippen LogP contribution in [0.15, 0.2) is 15.7 Å². The summed E-state index contributed by atoms with van der Waals surface area (Å²) in [5, 5.41) is 2.78. The van der Waals surface area contributed by atoms with E-state index in [9.17, 15) is 22.8 Å². The smallest absolute Gasteiger partial charge is 0.331 e. The fraction of sp³-hybridized carbons (Fsp3) is 0.643. The number of rotatable bonds is 4. The zero-order valence-corrected chi connectivity index (χ0v) is 14.7. The number of carbonyl (C=O) groups is 1. The van der Waals surface area contributed by atoms with E-state index in [-0.39, 0.29) is 17.8 Å². The third-order valence-electron chi connectivity index (χ3n) is 4.15. The van der Waals surface area contributed by atoms with E-state index in [2.05, 4.69) is 10.0 Å². The van der Waals surface area contributed by atoms with Crippen LogP contribution in [-0.2, 0) is 24.1 Å². The molecule has 0 aliphatic heterocycles. The molecule has 24 heavy (non-hydrogen) atoms. The molecule has 2 N–H and O–H groups in total. The van der Waals surface area contributed by atoms with Gasteiger partial charge in [0, 0.05) is 32.2 Å². The van der Waals surface area contributed by atoms with Crippen molar-refractivity contribution in [2.45, 2.75) is 37.8 Å². The number of hydrogen-bond donors (Lipinski definition) is 2. The van der Waals surface area contributed by atoms with Crippen molar-refractivity contribution in [3.8, 4) is 0 Å². The Morgan fingerprint density at radius 3 is 2.42 bits per heavy atom. The lowest BCUT2D eigenvalue weighted by molar-refractivity contribution is 0.0914. The molecule has 2 rings (SSSR count). The van der Waals surface area contributed by atoms with Crippen molar-refractivity contribution in [1.29, 1.82) is 0 Å². The van der Waals surface area contributed by atoms with Gasteiger partial charge in [-0.15, -0.1) is 0 Å². The summed E-state index contributed by atoms with van der Waals surface area (Å²) in [6, 6.07) is 0.669. The normalized spacial score (nSPS) is 21.5. The van der Waals surface area contributed by atoms with Crippen molar-refractivity contribution in [3.63, 3.8) is 0 Å². The Morgan fingerprint density at radius 1 is 1.17 bits per heavy atom. The summed E-state index contributed by atoms with van der Waals surface area (Å²) in [5.41, 5.74) is -1.14. The van der Waals surface area contributed by atoms with Crippen molar-refractivity contribution in [2.24, 2.45) is 14.1 Å². The molecule has 2 atom stereocenters. The van der Waals surface area contributed by atoms with E-state index in [1.807, 2.05) is 0 Å². The molecule has 10 heteroatoms. The Morgan fingerprint density at radius 2 is 1.79 bits per heavy atom. The van der Waals surface area contributed by atoms with Crippen molar-refractivity contribution >= 4 is 15.9 Å². The van der Waals surface area contributed by atoms with Crippen molar-refractivity contribution < 1.29 is 13.2 Å². The fourth-order valence-corrected chi connectivity index (χ4v) is 3.76. The molecule has 0 bridgehead atoms. The number of nitrogens with one attached hydrogen (secondary N) is 2. The number of nitrogens with zero attached hydrogens (tertiary/aromatic N) is 2. The number of sulfonamides is 1. The van der Waals surface area contributed by atoms with E-state index in [1.54, 1.807) is 0 Å². The minimum Gasteiger partial charge on any atom is -0.348 e. The van der Waals surface area contributed by atoms with E-state index < -0.39 is 27.2 Å². The average molecular weight is 358 g/mol. The first-order chi connectivity index (χ1) is 11.1. The molecule has 9 nitrogen and oxygen atoms in total. The molecular formula is C14H22N4O5S. The van der Waals surface area contributed by atoms with Crippen LogP contribution in [0.1, 0.15) is 36.2 Å². The monoisotopic (exact) mass is 358 g/mol. The lowest BCUT2D eigenvalue weighted by Crippen LogP contribution is -2.47. The summed E-state index contributed by atoms with van der Waals surface area (Å²) >= 11 is 0. The van der Waals surface area contributed by atoms with Crippen LogP contribution in [0.4, 0.5) is 0 Å². The van der Waals surface area contributed by atoms with Crippen molar-refractivity contribution in [1.82, 2.24) is 19.2 Å². The standard InChI is InChI=1S/C14H22N4O5S/c1-17-11(8-12(19)18(2)14(17)21)13(20)15-9-5-4-6-10(7-9)16-24(3,22)23/h8-10,16H,4-7H2,1-3H3,(H,15,20)/t9-,10-/m1/s1. The van der Waals surface area contributed by atoms with Gasteiger partial charge in [0.2, 0.25) is 10.0 Å². The molecule has 1 heterocycles. The maximum absolute atomic E-state index is 12.4. The van der Waals surface area contributed by atoms with Gasteiger partial charge < -0.3 is 5.32 Å². The van der Waals surface area contributed by atoms with E-state index in [4.69, 9.17) is 0 Å². The Balaban J connectivity index is 2.13. The summed E-state index contributed by atoms with van der Waals surface area (Å²) in [7, 11) is -0.538. The highest BCUT2D eigenvalue weighted by Gasteiger charge is 2.26. The predicted molar refractivity (Wildman–Crippen MR) is 88.4 cm³/mol. The highest BCUT2D eigenvalue weighted by molar-refractivity contribution is 7.88. The summed E-state index contributed by atoms with van der Waals surface area (Å²) in [6.45, 7) is 0. The molecule has 0 radical (unpaired) electrons. The molecule has 0 spiro atoms. The van der Waals surface area contributed by atoms with E-state index in [0.29, 0.717) is 19.3 Å². The van der Waals surface area contributed by atoms with Gasteiger partial charge in [0.05, 0.1) is 6.26 Å². The van der Waals surface area contributed by atoms with Gasteiger partial charge in [-0.1, -0.05) is 0 Å². The minimum absolute atomic E-state index is 0.0127. The molecule has 0 aromatic carbocycles. The third-order valence-corrected chi connectivity index (χ3v) is 4.91. The second-order valence-corrected chi connectivity index (χ2v) is 7.97. The van der Waals surface area contributed by atoms with Crippen LogP contribution in [0.2, 0.25) is 0 Å². The van der Waals surface area contributed by atoms with Crippen LogP contribution in [0.3, 0.4) is 0 Å². The van der Waals surface area contributed by atoms with E-state index in [1.165, 1.54) is 14.1 Å². The van der Waals surface area contributed by atoms with Crippen LogP contribution >= 0.6 is 0 Å². The average Bonchev–Trinajstić information content (AvgIpc) is 2.47. The summed E-state index contributed by atoms with van der Waals surface area (Å²) in [4.78, 5) is 36.0. The van der Waals surface area contributed by atoms with Gasteiger partial charge in [-0.25, -0.2) is 17.9 Å². The molecule has 0 unspecified atom stereocenters. The minimum atomic E-state index is -3.30. The highest BCUT2D eigenvalue weighted by atomic mass is 32.2. The second-order valence-electron chi connectivity index (χ2n) is 6.19. The van der Waals surface area contributed by atoms with E-state index >= 15 is 0 Å². The van der Waals surface area contributed by atoms with Crippen molar-refractivity contribution in [3.05, 3.63) is 32.6 Å². The lowest BCUT2D eigenvalue weighted by atomic mass is 9.91. The molecule has 134 valence electrons. The highest BCUT2D eigenvalue weighted by Crippen LogP contribution is 2.19. The quantitative estimate of drug-likeness (QED) is 0.691. The molecule has 0 saturated heterocycles. The van der Waals surface area contributed by atoms with Gasteiger partial charge in [0.25, 0.3) is 11.5 Å². The van der Waals surface area contributed by atoms with Gasteiger partial charge in [-0.3, -0.25) is 18.7 Å². The van der Waals surface area contributed by atoms with Gasteiger partial charge in [-0.2, -0.15) is 0 Å². The maximum Gasteiger partial charge on any atom is 0.331 e. The number of carbonyl (C=O) groups excluding carboxylic acids is 1. The Kier molecular flexibility index (Phi) is 5.29. The predicted octanol–water partition coefficient (Wildman–Crippen LogP) is -1.33. The van der Waals surface area contributed by atoms with Crippen LogP contribution in [-0.4, -0.2) is 41.8 Å². The largest absolute Gasteiger partial charge is 0.348 e. The van der Waals surface area contributed by atoms with Crippen LogP contribution in [0.25, 0.3) is 0 Å². The van der Waals surface area contributed by atoms with Crippen molar-refractivity contribution in [2.75, 3.05) is 6.26 Å². The molecule has 1 aliphatic carbocycles. The van der Waals surface area contributed by atoms with Gasteiger partial charge in [-0.05, 0) is 25.7 Å². The molecule has 1 saturated carbocycles. The zero-order chi connectivity index (χ0) is 18.1. The SMILES string of the molecule is Cn1c(C(=O)N[C@@H]2CCC[C@@H](NS(C)(=O)=O)C2)cc(=O)n(C)c1=O. The first kappa shape index (κ1) is 18.4. The topological polar surface area (TPSA) is 119 Å². The van der Waals surface area contributed by atoms with Gasteiger partial charge in [0.15, 0.2) is 0 Å². The van der Waals surface area contributed by atoms with Crippen LogP contribution < -0.4 is 21.3 Å². The summed E-state index contributed by atoms with van der Waals surface area (Å²) < 4.78 is 27.2. The second kappa shape index (κ2) is 6.89. The number of amides is 1. The molecule has 1 aliphatic rings. The molecule has 1 aromatic heterocycles. The van der Waals surface area contributed by atoms with Gasteiger partial charge in [0.1, 0.15) is 5.69 Å². The van der Waals surface area contributed by atoms with E-state index in [0.717, 1.165) is 27.9 Å². The first-order valence-corrected chi connectivity index (χ1v) is 9.53. The molecule has 1 fully saturated rings.